The fourth-order valence-corrected chi connectivity index (χ4v) is 4.76. The van der Waals surface area contributed by atoms with Crippen molar-refractivity contribution in [3.05, 3.63) is 81.4 Å². The molecule has 5 rings (SSSR count). The number of tetrazole rings is 1. The van der Waals surface area contributed by atoms with E-state index >= 15 is 0 Å². The fraction of sp³-hybridized carbons (Fsp3) is 0.357. The number of pyridine rings is 1. The number of hydrogen-bond acceptors (Lipinski definition) is 9. The van der Waals surface area contributed by atoms with Gasteiger partial charge in [0.1, 0.15) is 11.8 Å². The fourth-order valence-electron chi connectivity index (χ4n) is 4.76. The molecule has 0 saturated carbocycles. The van der Waals surface area contributed by atoms with Crippen LogP contribution in [0.5, 0.6) is 5.75 Å². The first-order valence-electron chi connectivity index (χ1n) is 13.1. The molecule has 0 bridgehead atoms. The number of aliphatic hydroxyl groups excluding tert-OH is 1. The molecule has 4 N–H and O–H groups in total. The second-order valence-electron chi connectivity index (χ2n) is 9.65. The Morgan fingerprint density at radius 1 is 1.05 bits per heavy atom. The number of likely N-dealkylation sites (tertiary alicyclic amines) is 1. The molecule has 1 atom stereocenters. The van der Waals surface area contributed by atoms with E-state index in [1.807, 2.05) is 42.5 Å². The molecule has 0 aliphatic carbocycles. The van der Waals surface area contributed by atoms with Gasteiger partial charge in [0, 0.05) is 24.2 Å². The average Bonchev–Trinajstić information content (AvgIpc) is 3.42. The number of aromatic nitrogens is 5. The third kappa shape index (κ3) is 7.13. The number of aryl methyl sites for hydroxylation is 1. The van der Waals surface area contributed by atoms with Crippen molar-refractivity contribution in [2.24, 2.45) is 0 Å². The number of ether oxygens (including phenoxy) is 1. The van der Waals surface area contributed by atoms with Crippen molar-refractivity contribution in [1.29, 1.82) is 0 Å². The second-order valence-corrected chi connectivity index (χ2v) is 9.65. The van der Waals surface area contributed by atoms with Gasteiger partial charge in [-0.05, 0) is 76.5 Å². The Balaban J connectivity index is 0.000000585. The first-order chi connectivity index (χ1) is 19.7. The highest BCUT2D eigenvalue weighted by Crippen LogP contribution is 2.30. The van der Waals surface area contributed by atoms with Crippen LogP contribution in [0.2, 0.25) is 0 Å². The molecule has 0 radical (unpaired) electrons. The van der Waals surface area contributed by atoms with Crippen molar-refractivity contribution in [3.63, 3.8) is 0 Å². The number of aliphatic carboxylic acids is 2. The third-order valence-electron chi connectivity index (χ3n) is 6.98. The number of H-pyrrole nitrogens is 1. The minimum atomic E-state index is -1.82. The number of benzene rings is 2. The topological polar surface area (TPSA) is 184 Å². The smallest absolute Gasteiger partial charge is 0.414 e. The van der Waals surface area contributed by atoms with E-state index in [2.05, 4.69) is 38.4 Å². The van der Waals surface area contributed by atoms with Gasteiger partial charge in [-0.1, -0.05) is 25.1 Å². The predicted octanol–water partition coefficient (Wildman–Crippen LogP) is 1.84. The molecule has 4 aromatic rings. The molecule has 13 heteroatoms. The highest BCUT2D eigenvalue weighted by atomic mass is 16.5. The summed E-state index contributed by atoms with van der Waals surface area (Å²) in [6.07, 6.45) is 1.87. The maximum absolute atomic E-state index is 13.3. The van der Waals surface area contributed by atoms with Gasteiger partial charge in [0.15, 0.2) is 5.82 Å². The molecule has 1 fully saturated rings. The summed E-state index contributed by atoms with van der Waals surface area (Å²) in [7, 11) is 1.64. The Bertz CT molecular complexity index is 1550. The number of carboxylic acids is 2. The number of methoxy groups -OCH3 is 1. The molecule has 1 saturated heterocycles. The van der Waals surface area contributed by atoms with Crippen LogP contribution < -0.4 is 10.3 Å². The molecule has 0 amide bonds. The monoisotopic (exact) mass is 564 g/mol. The number of carbonyl (C=O) groups is 2. The van der Waals surface area contributed by atoms with Gasteiger partial charge in [0.05, 0.1) is 19.8 Å². The number of piperidine rings is 1. The zero-order chi connectivity index (χ0) is 29.5. The molecule has 1 unspecified atom stereocenters. The van der Waals surface area contributed by atoms with E-state index in [1.165, 1.54) is 5.56 Å². The van der Waals surface area contributed by atoms with Gasteiger partial charge >= 0.3 is 11.9 Å². The summed E-state index contributed by atoms with van der Waals surface area (Å²) in [6.45, 7) is 3.87. The molecule has 2 aromatic carbocycles. The highest BCUT2D eigenvalue weighted by Gasteiger charge is 2.32. The lowest BCUT2D eigenvalue weighted by molar-refractivity contribution is -0.159. The Kier molecular flexibility index (Phi) is 9.42. The quantitative estimate of drug-likeness (QED) is 0.240. The van der Waals surface area contributed by atoms with Crippen molar-refractivity contribution < 1.29 is 29.6 Å². The van der Waals surface area contributed by atoms with Crippen molar-refractivity contribution in [3.8, 4) is 5.75 Å². The van der Waals surface area contributed by atoms with E-state index < -0.39 is 18.0 Å². The van der Waals surface area contributed by atoms with Crippen molar-refractivity contribution in [2.75, 3.05) is 20.2 Å². The molecule has 1 aliphatic rings. The number of nitrogens with one attached hydrogen (secondary N) is 1. The van der Waals surface area contributed by atoms with Crippen LogP contribution in [-0.4, -0.2) is 83.7 Å². The number of hydrogen-bond donors (Lipinski definition) is 4. The van der Waals surface area contributed by atoms with E-state index in [4.69, 9.17) is 24.5 Å². The van der Waals surface area contributed by atoms with Gasteiger partial charge in [0.2, 0.25) is 0 Å². The number of carboxylic acid groups (broad SMARTS) is 2. The maximum atomic E-state index is 13.3. The first kappa shape index (κ1) is 29.4. The summed E-state index contributed by atoms with van der Waals surface area (Å²) in [6, 6.07) is 15.4. The summed E-state index contributed by atoms with van der Waals surface area (Å²) in [5.74, 6) is -2.26. The largest absolute Gasteiger partial charge is 0.497 e. The molecule has 41 heavy (non-hydrogen) atoms. The van der Waals surface area contributed by atoms with E-state index in [0.717, 1.165) is 28.6 Å². The molecular weight excluding hydrogens is 532 g/mol. The summed E-state index contributed by atoms with van der Waals surface area (Å²) < 4.78 is 7.02. The lowest BCUT2D eigenvalue weighted by atomic mass is 9.98. The predicted molar refractivity (Wildman–Crippen MR) is 148 cm³/mol. The Hall–Kier alpha value is -4.62. The normalized spacial score (nSPS) is 14.7. The molecule has 216 valence electrons. The standard InChI is InChI=1S/C26H30N6O3.C2H2O4/c1-3-17-6-9-23-19(14-17)15-22(26(34)27-23)24(31-12-10-20(33)11-13-31)25-28-29-30-32(25)16-18-4-7-21(35-2)8-5-18;3-1(4)2(5)6/h4-9,14-15,20,24,33H,3,10-13,16H2,1-2H3,(H,27,34);(H,3,4)(H,5,6). The van der Waals surface area contributed by atoms with Crippen LogP contribution in [0.3, 0.4) is 0 Å². The van der Waals surface area contributed by atoms with E-state index in [-0.39, 0.29) is 11.7 Å². The maximum Gasteiger partial charge on any atom is 0.414 e. The second kappa shape index (κ2) is 13.2. The lowest BCUT2D eigenvalue weighted by Crippen LogP contribution is -2.41. The third-order valence-corrected chi connectivity index (χ3v) is 6.98. The number of nitrogens with zero attached hydrogens (tertiary/aromatic N) is 5. The van der Waals surface area contributed by atoms with Crippen molar-refractivity contribution in [1.82, 2.24) is 30.1 Å². The van der Waals surface area contributed by atoms with Gasteiger partial charge in [0.25, 0.3) is 5.56 Å². The summed E-state index contributed by atoms with van der Waals surface area (Å²) >= 11 is 0. The number of fused-ring (bicyclic) bond motifs is 1. The molecule has 13 nitrogen and oxygen atoms in total. The van der Waals surface area contributed by atoms with E-state index in [0.29, 0.717) is 43.9 Å². The number of rotatable bonds is 7. The van der Waals surface area contributed by atoms with Gasteiger partial charge in [-0.2, -0.15) is 0 Å². The molecular formula is C28H32N6O7. The van der Waals surface area contributed by atoms with Crippen LogP contribution in [0.1, 0.15) is 48.3 Å². The van der Waals surface area contributed by atoms with Crippen LogP contribution in [-0.2, 0) is 22.6 Å². The molecule has 0 spiro atoms. The summed E-state index contributed by atoms with van der Waals surface area (Å²) in [4.78, 5) is 36.8. The van der Waals surface area contributed by atoms with E-state index in [9.17, 15) is 9.90 Å². The van der Waals surface area contributed by atoms with Gasteiger partial charge in [-0.25, -0.2) is 14.3 Å². The zero-order valence-electron chi connectivity index (χ0n) is 22.7. The van der Waals surface area contributed by atoms with Crippen LogP contribution >= 0.6 is 0 Å². The van der Waals surface area contributed by atoms with Crippen LogP contribution in [0.15, 0.2) is 53.3 Å². The van der Waals surface area contributed by atoms with Gasteiger partial charge in [-0.15, -0.1) is 5.10 Å². The van der Waals surface area contributed by atoms with E-state index in [1.54, 1.807) is 11.8 Å². The number of aliphatic hydroxyl groups is 1. The van der Waals surface area contributed by atoms with Crippen LogP contribution in [0, 0.1) is 0 Å². The Morgan fingerprint density at radius 2 is 1.71 bits per heavy atom. The van der Waals surface area contributed by atoms with Crippen molar-refractivity contribution in [2.45, 2.75) is 44.9 Å². The molecule has 2 aromatic heterocycles. The van der Waals surface area contributed by atoms with Crippen molar-refractivity contribution >= 4 is 22.8 Å². The highest BCUT2D eigenvalue weighted by molar-refractivity contribution is 6.27. The lowest BCUT2D eigenvalue weighted by Gasteiger charge is -2.35. The first-order valence-corrected chi connectivity index (χ1v) is 13.1. The zero-order valence-corrected chi connectivity index (χ0v) is 22.7. The SMILES string of the molecule is CCc1ccc2[nH]c(=O)c(C(c3nnnn3Cc3ccc(OC)cc3)N3CCC(O)CC3)cc2c1.O=C(O)C(=O)O. The minimum Gasteiger partial charge on any atom is -0.497 e. The van der Waals surface area contributed by atoms with Gasteiger partial charge in [-0.3, -0.25) is 9.69 Å². The minimum absolute atomic E-state index is 0.156. The Labute approximate surface area is 235 Å². The van der Waals surface area contributed by atoms with Gasteiger partial charge < -0.3 is 25.0 Å². The van der Waals surface area contributed by atoms with Crippen LogP contribution in [0.4, 0.5) is 0 Å². The average molecular weight is 565 g/mol. The number of aromatic amines is 1. The molecule has 1 aliphatic heterocycles. The summed E-state index contributed by atoms with van der Waals surface area (Å²) in [5, 5.41) is 38.5. The Morgan fingerprint density at radius 3 is 2.32 bits per heavy atom. The molecule has 3 heterocycles. The summed E-state index contributed by atoms with van der Waals surface area (Å²) in [5.41, 5.74) is 3.48. The van der Waals surface area contributed by atoms with Crippen LogP contribution in [0.25, 0.3) is 10.9 Å².